The van der Waals surface area contributed by atoms with E-state index in [4.69, 9.17) is 9.72 Å². The van der Waals surface area contributed by atoms with E-state index in [0.29, 0.717) is 0 Å². The Labute approximate surface area is 358 Å². The van der Waals surface area contributed by atoms with E-state index >= 15 is 0 Å². The van der Waals surface area contributed by atoms with E-state index < -0.39 is 0 Å². The van der Waals surface area contributed by atoms with E-state index in [9.17, 15) is 0 Å². The van der Waals surface area contributed by atoms with E-state index in [2.05, 4.69) is 186 Å². The summed E-state index contributed by atoms with van der Waals surface area (Å²) in [6.45, 7) is 6.78. The molecule has 0 unspecified atom stereocenters. The van der Waals surface area contributed by atoms with Gasteiger partial charge < -0.3 is 23.0 Å². The number of nitrogens with zero attached hydrogens (tertiary/aromatic N) is 6. The van der Waals surface area contributed by atoms with Crippen LogP contribution >= 0.6 is 0 Å². The van der Waals surface area contributed by atoms with Crippen molar-refractivity contribution < 1.29 is 9.30 Å². The van der Waals surface area contributed by atoms with Gasteiger partial charge in [-0.15, -0.1) is 0 Å². The molecular formula is C55H42N6O. The summed E-state index contributed by atoms with van der Waals surface area (Å²) in [4.78, 5) is 5.22. The average molecular weight is 803 g/mol. The highest BCUT2D eigenvalue weighted by Gasteiger charge is 2.29. The van der Waals surface area contributed by atoms with Crippen LogP contribution in [0, 0.1) is 6.33 Å². The first-order valence-electron chi connectivity index (χ1n) is 21.1. The lowest BCUT2D eigenvalue weighted by atomic mass is 9.88. The molecule has 62 heavy (non-hydrogen) atoms. The maximum absolute atomic E-state index is 6.80. The Morgan fingerprint density at radius 1 is 0.532 bits per heavy atom. The zero-order valence-electron chi connectivity index (χ0n) is 34.9. The van der Waals surface area contributed by atoms with Gasteiger partial charge in [0.2, 0.25) is 6.33 Å². The first-order chi connectivity index (χ1) is 30.3. The fraction of sp³-hybridized carbons (Fsp3) is 0.0909. The highest BCUT2D eigenvalue weighted by atomic mass is 16.5. The molecule has 7 aromatic carbocycles. The Morgan fingerprint density at radius 2 is 1.13 bits per heavy atom. The van der Waals surface area contributed by atoms with Gasteiger partial charge in [0.1, 0.15) is 17.3 Å². The van der Waals surface area contributed by atoms with Crippen molar-refractivity contribution in [3.63, 3.8) is 0 Å². The summed E-state index contributed by atoms with van der Waals surface area (Å²) in [5.74, 6) is 2.31. The first-order valence-corrected chi connectivity index (χ1v) is 21.1. The molecule has 0 fully saturated rings. The van der Waals surface area contributed by atoms with Crippen LogP contribution in [0.25, 0.3) is 88.3 Å². The third-order valence-electron chi connectivity index (χ3n) is 12.3. The molecular weight excluding hydrogens is 761 g/mol. The summed E-state index contributed by atoms with van der Waals surface area (Å²) >= 11 is 0. The molecule has 0 saturated carbocycles. The molecule has 0 spiro atoms. The highest BCUT2D eigenvalue weighted by Crippen LogP contribution is 2.50. The molecule has 0 atom stereocenters. The van der Waals surface area contributed by atoms with Crippen molar-refractivity contribution in [1.82, 2.24) is 23.3 Å². The molecule has 0 radical (unpaired) electrons. The molecule has 0 saturated heterocycles. The van der Waals surface area contributed by atoms with Crippen LogP contribution < -0.4 is 9.30 Å². The van der Waals surface area contributed by atoms with Gasteiger partial charge in [0.15, 0.2) is 0 Å². The van der Waals surface area contributed by atoms with Gasteiger partial charge in [-0.3, -0.25) is 4.57 Å². The Morgan fingerprint density at radius 3 is 1.79 bits per heavy atom. The minimum atomic E-state index is -0.106. The number of pyridine rings is 1. The van der Waals surface area contributed by atoms with Crippen molar-refractivity contribution in [2.75, 3.05) is 0 Å². The monoisotopic (exact) mass is 802 g/mol. The predicted octanol–water partition coefficient (Wildman–Crippen LogP) is 12.9. The Kier molecular flexibility index (Phi) is 7.87. The number of hydrogen-bond acceptors (Lipinski definition) is 2. The van der Waals surface area contributed by atoms with Gasteiger partial charge in [-0.05, 0) is 83.8 Å². The molecule has 7 nitrogen and oxygen atoms in total. The van der Waals surface area contributed by atoms with Crippen molar-refractivity contribution in [1.29, 1.82) is 0 Å². The van der Waals surface area contributed by atoms with Crippen molar-refractivity contribution in [2.24, 2.45) is 7.05 Å². The largest absolute Gasteiger partial charge is 0.458 e. The Bertz CT molecular complexity index is 3710. The summed E-state index contributed by atoms with van der Waals surface area (Å²) in [6.07, 6.45) is 9.24. The van der Waals surface area contributed by atoms with E-state index in [1.807, 2.05) is 53.0 Å². The maximum Gasteiger partial charge on any atom is 0.243 e. The summed E-state index contributed by atoms with van der Waals surface area (Å²) < 4.78 is 18.0. The number of benzene rings is 7. The molecule has 0 amide bonds. The number of para-hydroxylation sites is 4. The fourth-order valence-electron chi connectivity index (χ4n) is 9.56. The summed E-state index contributed by atoms with van der Waals surface area (Å²) in [6, 6.07) is 58.4. The van der Waals surface area contributed by atoms with Crippen LogP contribution in [0.2, 0.25) is 0 Å². The SMILES string of the molecule is Cn1[c-][n+](-c2cccc(Oc3ccc4c5c6c(c7ccccc7n6-c6ccccc6)c6c7ccccc7n(-c7ccccc7)c6c5n(-c5cc(C(C)(C)C)ccn5)c4c3)c2)cc1. The van der Waals surface area contributed by atoms with Gasteiger partial charge in [-0.1, -0.05) is 106 Å². The second-order valence-electron chi connectivity index (χ2n) is 17.2. The smallest absolute Gasteiger partial charge is 0.243 e. The molecule has 0 aliphatic rings. The molecule has 12 aromatic rings. The third kappa shape index (κ3) is 5.44. The van der Waals surface area contributed by atoms with Crippen LogP contribution in [0.3, 0.4) is 0 Å². The average Bonchev–Trinajstić information content (AvgIpc) is 4.06. The first kappa shape index (κ1) is 36.0. The standard InChI is InChI=1S/C55H42N6O/c1-55(2,3)36-28-29-56-48(32-36)61-47-34-41(62-40-21-15-20-39(33-40)58-31-30-57(4)35-58)26-27-44(47)51-52-49(42-22-11-13-24-45(42)59(52)37-16-7-5-8-17-37)50-43-23-12-14-25-46(43)60(53(50)54(51)61)38-18-9-6-10-19-38/h5-34H,1-4H3. The zero-order valence-corrected chi connectivity index (χ0v) is 34.9. The normalized spacial score (nSPS) is 12.2. The molecule has 12 rings (SSSR count). The third-order valence-corrected chi connectivity index (χ3v) is 12.3. The zero-order chi connectivity index (χ0) is 41.7. The van der Waals surface area contributed by atoms with Crippen LogP contribution in [0.1, 0.15) is 26.3 Å². The lowest BCUT2D eigenvalue weighted by Crippen LogP contribution is -2.27. The van der Waals surface area contributed by atoms with Crippen LogP contribution in [-0.4, -0.2) is 23.3 Å². The number of rotatable bonds is 6. The topological polar surface area (TPSA) is 45.7 Å². The van der Waals surface area contributed by atoms with Crippen molar-refractivity contribution in [3.8, 4) is 34.4 Å². The second-order valence-corrected chi connectivity index (χ2v) is 17.2. The molecule has 5 aromatic heterocycles. The van der Waals surface area contributed by atoms with Crippen LogP contribution in [0.5, 0.6) is 11.5 Å². The second kappa shape index (κ2) is 13.6. The van der Waals surface area contributed by atoms with Gasteiger partial charge in [0.25, 0.3) is 0 Å². The summed E-state index contributed by atoms with van der Waals surface area (Å²) in [7, 11) is 1.97. The highest BCUT2D eigenvalue weighted by molar-refractivity contribution is 6.40. The molecule has 0 N–H and O–H groups in total. The van der Waals surface area contributed by atoms with Gasteiger partial charge >= 0.3 is 0 Å². The lowest BCUT2D eigenvalue weighted by molar-refractivity contribution is -0.599. The van der Waals surface area contributed by atoms with Gasteiger partial charge in [0.05, 0.1) is 45.8 Å². The Balaban J connectivity index is 1.29. The maximum atomic E-state index is 6.80. The quantitative estimate of drug-likeness (QED) is 0.124. The van der Waals surface area contributed by atoms with Crippen molar-refractivity contribution >= 4 is 65.4 Å². The molecule has 0 aliphatic carbocycles. The van der Waals surface area contributed by atoms with Gasteiger partial charge in [0, 0.05) is 68.3 Å². The van der Waals surface area contributed by atoms with Crippen LogP contribution in [0.4, 0.5) is 0 Å². The molecule has 298 valence electrons. The van der Waals surface area contributed by atoms with Crippen molar-refractivity contribution in [3.05, 3.63) is 194 Å². The lowest BCUT2D eigenvalue weighted by Gasteiger charge is -2.20. The number of aryl methyl sites for hydroxylation is 1. The molecule has 5 heterocycles. The fourth-order valence-corrected chi connectivity index (χ4v) is 9.56. The number of aromatic nitrogens is 6. The van der Waals surface area contributed by atoms with Gasteiger partial charge in [-0.2, -0.15) is 0 Å². The minimum Gasteiger partial charge on any atom is -0.458 e. The Hall–Kier alpha value is -7.90. The summed E-state index contributed by atoms with van der Waals surface area (Å²) in [5.41, 5.74) is 10.9. The van der Waals surface area contributed by atoms with E-state index in [-0.39, 0.29) is 5.41 Å². The van der Waals surface area contributed by atoms with Gasteiger partial charge in [-0.25, -0.2) is 4.98 Å². The molecule has 7 heteroatoms. The number of hydrogen-bond donors (Lipinski definition) is 0. The summed E-state index contributed by atoms with van der Waals surface area (Å²) in [5, 5.41) is 7.08. The van der Waals surface area contributed by atoms with Crippen LogP contribution in [-0.2, 0) is 12.5 Å². The van der Waals surface area contributed by atoms with E-state index in [0.717, 1.165) is 78.3 Å². The number of imidazole rings is 1. The minimum absolute atomic E-state index is 0.106. The predicted molar refractivity (Wildman–Crippen MR) is 252 cm³/mol. The molecule has 0 bridgehead atoms. The molecule has 0 aliphatic heterocycles. The van der Waals surface area contributed by atoms with E-state index in [1.165, 1.54) is 27.1 Å². The van der Waals surface area contributed by atoms with E-state index in [1.54, 1.807) is 0 Å². The number of ether oxygens (including phenoxy) is 1. The van der Waals surface area contributed by atoms with Crippen molar-refractivity contribution in [2.45, 2.75) is 26.2 Å². The number of fused-ring (bicyclic) bond motifs is 12. The van der Waals surface area contributed by atoms with Crippen LogP contribution in [0.15, 0.2) is 182 Å².